The van der Waals surface area contributed by atoms with Gasteiger partial charge in [-0.15, -0.1) is 0 Å². The molecule has 3 nitrogen and oxygen atoms in total. The fourth-order valence-electron chi connectivity index (χ4n) is 1.88. The quantitative estimate of drug-likeness (QED) is 0.842. The Morgan fingerprint density at radius 2 is 2.11 bits per heavy atom. The maximum atomic E-state index is 13.5. The molecule has 0 bridgehead atoms. The topological polar surface area (TPSA) is 35.5 Å². The summed E-state index contributed by atoms with van der Waals surface area (Å²) in [5, 5.41) is 13.2. The van der Waals surface area contributed by atoms with Crippen LogP contribution in [0.2, 0.25) is 0 Å². The highest BCUT2D eigenvalue weighted by Gasteiger charge is 2.20. The Balaban J connectivity index is 2.48. The van der Waals surface area contributed by atoms with Gasteiger partial charge in [0.05, 0.1) is 5.60 Å². The van der Waals surface area contributed by atoms with Crippen LogP contribution in [0.15, 0.2) is 22.7 Å². The van der Waals surface area contributed by atoms with Gasteiger partial charge in [0.15, 0.2) is 0 Å². The average molecular weight is 319 g/mol. The zero-order valence-electron chi connectivity index (χ0n) is 11.0. The van der Waals surface area contributed by atoms with Crippen molar-refractivity contribution >= 4 is 15.9 Å². The smallest absolute Gasteiger partial charge is 0.127 e. The lowest BCUT2D eigenvalue weighted by molar-refractivity contribution is 0.0335. The number of halogens is 2. The third-order valence-electron chi connectivity index (χ3n) is 2.49. The van der Waals surface area contributed by atoms with Crippen LogP contribution in [0.5, 0.6) is 0 Å². The molecule has 1 rings (SSSR count). The molecule has 0 fully saturated rings. The lowest BCUT2D eigenvalue weighted by atomic mass is 10.1. The van der Waals surface area contributed by atoms with Crippen molar-refractivity contribution in [3.8, 4) is 0 Å². The van der Waals surface area contributed by atoms with Crippen molar-refractivity contribution in [3.05, 3.63) is 34.1 Å². The molecule has 2 N–H and O–H groups in total. The molecule has 0 heterocycles. The first kappa shape index (κ1) is 15.6. The Morgan fingerprint density at radius 1 is 1.44 bits per heavy atom. The predicted molar refractivity (Wildman–Crippen MR) is 75.0 cm³/mol. The third kappa shape index (κ3) is 5.44. The normalized spacial score (nSPS) is 14.8. The van der Waals surface area contributed by atoms with E-state index in [2.05, 4.69) is 21.2 Å². The summed E-state index contributed by atoms with van der Waals surface area (Å²) in [4.78, 5) is 1.92. The largest absolute Gasteiger partial charge is 0.388 e. The first-order valence-electron chi connectivity index (χ1n) is 5.82. The second-order valence-electron chi connectivity index (χ2n) is 5.07. The van der Waals surface area contributed by atoms with E-state index in [4.69, 9.17) is 0 Å². The van der Waals surface area contributed by atoms with Crippen LogP contribution in [0.4, 0.5) is 4.39 Å². The van der Waals surface area contributed by atoms with Crippen molar-refractivity contribution in [2.45, 2.75) is 19.1 Å². The van der Waals surface area contributed by atoms with Gasteiger partial charge in [0.2, 0.25) is 0 Å². The van der Waals surface area contributed by atoms with Crippen LogP contribution in [-0.2, 0) is 6.54 Å². The monoisotopic (exact) mass is 318 g/mol. The summed E-state index contributed by atoms with van der Waals surface area (Å²) < 4.78 is 14.3. The molecule has 0 aliphatic rings. The zero-order valence-corrected chi connectivity index (χ0v) is 12.6. The van der Waals surface area contributed by atoms with Gasteiger partial charge in [-0.05, 0) is 39.2 Å². The summed E-state index contributed by atoms with van der Waals surface area (Å²) in [6, 6.07) is 4.84. The van der Waals surface area contributed by atoms with E-state index in [9.17, 15) is 9.50 Å². The van der Waals surface area contributed by atoms with Crippen LogP contribution in [0, 0.1) is 5.82 Å². The van der Waals surface area contributed by atoms with Gasteiger partial charge in [0, 0.05) is 29.7 Å². The molecule has 1 aromatic rings. The standard InChI is InChI=1S/C13H20BrFN2O/c1-13(18,9-17(2)3)8-16-7-10-6-11(14)4-5-12(10)15/h4-6,16,18H,7-9H2,1-3H3. The summed E-state index contributed by atoms with van der Waals surface area (Å²) in [5.74, 6) is -0.238. The number of hydrogen-bond acceptors (Lipinski definition) is 3. The molecular weight excluding hydrogens is 299 g/mol. The highest BCUT2D eigenvalue weighted by Crippen LogP contribution is 2.15. The molecule has 0 aliphatic carbocycles. The molecule has 0 spiro atoms. The summed E-state index contributed by atoms with van der Waals surface area (Å²) in [6.45, 7) is 3.13. The molecule has 0 amide bonds. The van der Waals surface area contributed by atoms with E-state index < -0.39 is 5.60 Å². The van der Waals surface area contributed by atoms with Crippen LogP contribution in [0.1, 0.15) is 12.5 Å². The van der Waals surface area contributed by atoms with Gasteiger partial charge in [-0.25, -0.2) is 4.39 Å². The van der Waals surface area contributed by atoms with E-state index in [1.165, 1.54) is 6.07 Å². The highest BCUT2D eigenvalue weighted by molar-refractivity contribution is 9.10. The number of benzene rings is 1. The van der Waals surface area contributed by atoms with Crippen molar-refractivity contribution in [2.24, 2.45) is 0 Å². The predicted octanol–water partition coefficient (Wildman–Crippen LogP) is 1.99. The molecule has 0 radical (unpaired) electrons. The fourth-order valence-corrected chi connectivity index (χ4v) is 2.29. The van der Waals surface area contributed by atoms with E-state index in [-0.39, 0.29) is 5.82 Å². The number of rotatable bonds is 6. The average Bonchev–Trinajstić information content (AvgIpc) is 2.21. The van der Waals surface area contributed by atoms with Gasteiger partial charge in [-0.2, -0.15) is 0 Å². The maximum Gasteiger partial charge on any atom is 0.127 e. The van der Waals surface area contributed by atoms with Gasteiger partial charge < -0.3 is 15.3 Å². The van der Waals surface area contributed by atoms with E-state index in [0.717, 1.165) is 4.47 Å². The number of nitrogens with one attached hydrogen (secondary N) is 1. The van der Waals surface area contributed by atoms with Crippen LogP contribution < -0.4 is 5.32 Å². The van der Waals surface area contributed by atoms with Crippen molar-refractivity contribution in [1.29, 1.82) is 0 Å². The maximum absolute atomic E-state index is 13.5. The molecule has 18 heavy (non-hydrogen) atoms. The Labute approximate surface area is 116 Å². The lowest BCUT2D eigenvalue weighted by Gasteiger charge is -2.27. The van der Waals surface area contributed by atoms with Crippen molar-refractivity contribution in [2.75, 3.05) is 27.2 Å². The molecule has 1 atom stereocenters. The molecular formula is C13H20BrFN2O. The van der Waals surface area contributed by atoms with Gasteiger partial charge in [-0.1, -0.05) is 15.9 Å². The number of hydrogen-bond donors (Lipinski definition) is 2. The van der Waals surface area contributed by atoms with Gasteiger partial charge >= 0.3 is 0 Å². The van der Waals surface area contributed by atoms with Gasteiger partial charge in [-0.3, -0.25) is 0 Å². The molecule has 0 aromatic heterocycles. The molecule has 1 aromatic carbocycles. The van der Waals surface area contributed by atoms with Crippen LogP contribution in [-0.4, -0.2) is 42.8 Å². The van der Waals surface area contributed by atoms with E-state index in [1.807, 2.05) is 19.0 Å². The summed E-state index contributed by atoms with van der Waals surface area (Å²) >= 11 is 3.31. The van der Waals surface area contributed by atoms with Crippen LogP contribution in [0.3, 0.4) is 0 Å². The molecule has 102 valence electrons. The second-order valence-corrected chi connectivity index (χ2v) is 5.99. The fraction of sp³-hybridized carbons (Fsp3) is 0.538. The van der Waals surface area contributed by atoms with E-state index >= 15 is 0 Å². The first-order valence-corrected chi connectivity index (χ1v) is 6.61. The minimum absolute atomic E-state index is 0.238. The summed E-state index contributed by atoms with van der Waals surface area (Å²) in [5.41, 5.74) is -0.239. The molecule has 1 unspecified atom stereocenters. The van der Waals surface area contributed by atoms with Crippen molar-refractivity contribution in [1.82, 2.24) is 10.2 Å². The molecule has 0 aliphatic heterocycles. The second kappa shape index (κ2) is 6.61. The lowest BCUT2D eigenvalue weighted by Crippen LogP contribution is -2.45. The number of likely N-dealkylation sites (N-methyl/N-ethyl adjacent to an activating group) is 1. The van der Waals surface area contributed by atoms with Crippen molar-refractivity contribution < 1.29 is 9.50 Å². The minimum atomic E-state index is -0.827. The minimum Gasteiger partial charge on any atom is -0.388 e. The Morgan fingerprint density at radius 3 is 2.72 bits per heavy atom. The van der Waals surface area contributed by atoms with Gasteiger partial charge in [0.25, 0.3) is 0 Å². The molecule has 5 heteroatoms. The number of nitrogens with zero attached hydrogens (tertiary/aromatic N) is 1. The Bertz CT molecular complexity index is 397. The van der Waals surface area contributed by atoms with Crippen LogP contribution >= 0.6 is 15.9 Å². The van der Waals surface area contributed by atoms with Crippen molar-refractivity contribution in [3.63, 3.8) is 0 Å². The summed E-state index contributed by atoms with van der Waals surface area (Å²) in [7, 11) is 3.81. The van der Waals surface area contributed by atoms with Gasteiger partial charge in [0.1, 0.15) is 5.82 Å². The van der Waals surface area contributed by atoms with E-state index in [1.54, 1.807) is 19.1 Å². The first-order chi connectivity index (χ1) is 8.30. The third-order valence-corrected chi connectivity index (χ3v) is 2.98. The summed E-state index contributed by atoms with van der Waals surface area (Å²) in [6.07, 6.45) is 0. The Hall–Kier alpha value is -0.490. The Kier molecular flexibility index (Phi) is 5.72. The van der Waals surface area contributed by atoms with Crippen LogP contribution in [0.25, 0.3) is 0 Å². The zero-order chi connectivity index (χ0) is 13.8. The number of aliphatic hydroxyl groups is 1. The SMILES string of the molecule is CN(C)CC(C)(O)CNCc1cc(Br)ccc1F. The highest BCUT2D eigenvalue weighted by atomic mass is 79.9. The molecule has 0 saturated carbocycles. The van der Waals surface area contributed by atoms with E-state index in [0.29, 0.717) is 25.2 Å². The molecule has 0 saturated heterocycles.